The molecule has 7 nitrogen and oxygen atoms in total. The maximum absolute atomic E-state index is 10.8. The van der Waals surface area contributed by atoms with Gasteiger partial charge in [0.25, 0.3) is 5.69 Å². The normalized spacial score (nSPS) is 12.0. The number of nitrogens with zero attached hydrogens (tertiary/aromatic N) is 4. The number of non-ortho nitro benzene ring substituents is 1. The van der Waals surface area contributed by atoms with Crippen molar-refractivity contribution in [3.8, 4) is 11.3 Å². The fraction of sp³-hybridized carbons (Fsp3) is 0.125. The molecule has 7 heteroatoms. The molecule has 116 valence electrons. The van der Waals surface area contributed by atoms with Crippen LogP contribution in [0.1, 0.15) is 11.7 Å². The van der Waals surface area contributed by atoms with Crippen LogP contribution in [0, 0.1) is 10.1 Å². The van der Waals surface area contributed by atoms with Crippen LogP contribution in [-0.2, 0) is 6.54 Å². The van der Waals surface area contributed by atoms with Crippen molar-refractivity contribution in [2.75, 3.05) is 0 Å². The highest BCUT2D eigenvalue weighted by molar-refractivity contribution is 5.58. The summed E-state index contributed by atoms with van der Waals surface area (Å²) in [5.41, 5.74) is 2.22. The molecule has 1 atom stereocenters. The number of benzene rings is 1. The predicted molar refractivity (Wildman–Crippen MR) is 83.5 cm³/mol. The van der Waals surface area contributed by atoms with Gasteiger partial charge < -0.3 is 5.11 Å². The van der Waals surface area contributed by atoms with Crippen LogP contribution < -0.4 is 0 Å². The second kappa shape index (κ2) is 6.37. The van der Waals surface area contributed by atoms with Crippen molar-refractivity contribution in [2.24, 2.45) is 0 Å². The second-order valence-corrected chi connectivity index (χ2v) is 5.00. The van der Waals surface area contributed by atoms with Gasteiger partial charge in [-0.15, -0.1) is 0 Å². The molecule has 0 radical (unpaired) electrons. The Hall–Kier alpha value is -3.06. The Labute approximate surface area is 132 Å². The molecule has 0 aliphatic rings. The van der Waals surface area contributed by atoms with Gasteiger partial charge in [-0.05, 0) is 23.8 Å². The molecule has 0 aliphatic carbocycles. The first-order chi connectivity index (χ1) is 11.1. The molecular weight excluding hydrogens is 296 g/mol. The predicted octanol–water partition coefficient (Wildman–Crippen LogP) is 2.59. The van der Waals surface area contributed by atoms with E-state index in [1.807, 2.05) is 18.2 Å². The number of rotatable bonds is 5. The van der Waals surface area contributed by atoms with Crippen LogP contribution in [0.4, 0.5) is 5.69 Å². The topological polar surface area (TPSA) is 94.1 Å². The molecule has 0 bridgehead atoms. The monoisotopic (exact) mass is 310 g/mol. The minimum absolute atomic E-state index is 0.0450. The van der Waals surface area contributed by atoms with E-state index in [0.717, 1.165) is 11.3 Å². The summed E-state index contributed by atoms with van der Waals surface area (Å²) in [6.45, 7) is 0.200. The van der Waals surface area contributed by atoms with E-state index in [-0.39, 0.29) is 12.2 Å². The van der Waals surface area contributed by atoms with Gasteiger partial charge >= 0.3 is 0 Å². The Morgan fingerprint density at radius 3 is 2.70 bits per heavy atom. The summed E-state index contributed by atoms with van der Waals surface area (Å²) in [5.74, 6) is 0. The zero-order valence-corrected chi connectivity index (χ0v) is 12.1. The third-order valence-corrected chi connectivity index (χ3v) is 3.50. The van der Waals surface area contributed by atoms with Gasteiger partial charge in [0.2, 0.25) is 0 Å². The van der Waals surface area contributed by atoms with Crippen molar-refractivity contribution < 1.29 is 10.0 Å². The van der Waals surface area contributed by atoms with E-state index in [1.165, 1.54) is 12.1 Å². The Balaban J connectivity index is 1.84. The molecule has 0 fully saturated rings. The lowest BCUT2D eigenvalue weighted by Gasteiger charge is -2.13. The van der Waals surface area contributed by atoms with Gasteiger partial charge in [0.05, 0.1) is 23.3 Å². The van der Waals surface area contributed by atoms with E-state index < -0.39 is 11.0 Å². The van der Waals surface area contributed by atoms with Crippen molar-refractivity contribution in [1.29, 1.82) is 0 Å². The largest absolute Gasteiger partial charge is 0.386 e. The van der Waals surface area contributed by atoms with Crippen LogP contribution in [0.25, 0.3) is 11.3 Å². The smallest absolute Gasteiger partial charge is 0.269 e. The summed E-state index contributed by atoms with van der Waals surface area (Å²) in [6, 6.07) is 11.5. The molecule has 3 rings (SSSR count). The van der Waals surface area contributed by atoms with Crippen molar-refractivity contribution >= 4 is 5.69 Å². The number of aliphatic hydroxyl groups is 1. The van der Waals surface area contributed by atoms with Crippen LogP contribution in [0.2, 0.25) is 0 Å². The molecule has 0 saturated heterocycles. The van der Waals surface area contributed by atoms with Crippen molar-refractivity contribution in [3.63, 3.8) is 0 Å². The maximum Gasteiger partial charge on any atom is 0.269 e. The minimum atomic E-state index is -0.893. The highest BCUT2D eigenvalue weighted by atomic mass is 16.6. The van der Waals surface area contributed by atoms with Gasteiger partial charge in [-0.3, -0.25) is 19.8 Å². The van der Waals surface area contributed by atoms with Crippen LogP contribution in [0.15, 0.2) is 61.1 Å². The number of nitro groups is 1. The first-order valence-corrected chi connectivity index (χ1v) is 7.00. The zero-order valence-electron chi connectivity index (χ0n) is 12.1. The van der Waals surface area contributed by atoms with Crippen molar-refractivity contribution in [2.45, 2.75) is 12.6 Å². The van der Waals surface area contributed by atoms with Crippen molar-refractivity contribution in [1.82, 2.24) is 14.8 Å². The summed E-state index contributed by atoms with van der Waals surface area (Å²) < 4.78 is 1.67. The third kappa shape index (κ3) is 3.24. The lowest BCUT2D eigenvalue weighted by Crippen LogP contribution is -2.11. The van der Waals surface area contributed by atoms with Gasteiger partial charge in [-0.2, -0.15) is 5.10 Å². The average molecular weight is 310 g/mol. The molecule has 0 spiro atoms. The third-order valence-electron chi connectivity index (χ3n) is 3.50. The average Bonchev–Trinajstić information content (AvgIpc) is 3.04. The Kier molecular flexibility index (Phi) is 4.11. The Bertz CT molecular complexity index is 817. The van der Waals surface area contributed by atoms with E-state index in [4.69, 9.17) is 0 Å². The lowest BCUT2D eigenvalue weighted by atomic mass is 10.1. The van der Waals surface area contributed by atoms with E-state index in [9.17, 15) is 15.2 Å². The highest BCUT2D eigenvalue weighted by Gasteiger charge is 2.15. The standard InChI is InChI=1S/C16H14N4O3/c21-16(13-2-1-3-14(10-13)20(22)23)11-19-15(6-9-18-19)12-4-7-17-8-5-12/h1-10,16,21H,11H2. The van der Waals surface area contributed by atoms with E-state index in [0.29, 0.717) is 5.56 Å². The fourth-order valence-corrected chi connectivity index (χ4v) is 2.36. The van der Waals surface area contributed by atoms with E-state index >= 15 is 0 Å². The quantitative estimate of drug-likeness (QED) is 0.577. The highest BCUT2D eigenvalue weighted by Crippen LogP contribution is 2.23. The van der Waals surface area contributed by atoms with Crippen LogP contribution in [-0.4, -0.2) is 24.8 Å². The fourth-order valence-electron chi connectivity index (χ4n) is 2.36. The lowest BCUT2D eigenvalue weighted by molar-refractivity contribution is -0.385. The SMILES string of the molecule is O=[N+]([O-])c1cccc(C(O)Cn2nccc2-c2ccncc2)c1. The summed E-state index contributed by atoms with van der Waals surface area (Å²) in [4.78, 5) is 14.3. The van der Waals surface area contributed by atoms with Crippen LogP contribution >= 0.6 is 0 Å². The molecule has 0 aliphatic heterocycles. The van der Waals surface area contributed by atoms with Gasteiger partial charge in [0, 0.05) is 36.3 Å². The van der Waals surface area contributed by atoms with Gasteiger partial charge in [-0.1, -0.05) is 12.1 Å². The van der Waals surface area contributed by atoms with Gasteiger partial charge in [0.15, 0.2) is 0 Å². The molecular formula is C16H14N4O3. The number of aromatic nitrogens is 3. The molecule has 3 aromatic rings. The number of hydrogen-bond donors (Lipinski definition) is 1. The number of pyridine rings is 1. The summed E-state index contributed by atoms with van der Waals surface area (Å²) in [5, 5.41) is 25.4. The number of aliphatic hydroxyl groups excluding tert-OH is 1. The summed E-state index contributed by atoms with van der Waals surface area (Å²) in [6.07, 6.45) is 4.12. The molecule has 1 N–H and O–H groups in total. The van der Waals surface area contributed by atoms with Crippen molar-refractivity contribution in [3.05, 3.63) is 76.7 Å². The Morgan fingerprint density at radius 1 is 1.17 bits per heavy atom. The molecule has 2 aromatic heterocycles. The second-order valence-electron chi connectivity index (χ2n) is 5.00. The summed E-state index contributed by atoms with van der Waals surface area (Å²) in [7, 11) is 0. The molecule has 1 unspecified atom stereocenters. The molecule has 23 heavy (non-hydrogen) atoms. The first-order valence-electron chi connectivity index (χ1n) is 7.00. The molecule has 0 amide bonds. The first kappa shape index (κ1) is 14.9. The zero-order chi connectivity index (χ0) is 16.2. The van der Waals surface area contributed by atoms with Crippen LogP contribution in [0.5, 0.6) is 0 Å². The van der Waals surface area contributed by atoms with Gasteiger partial charge in [0.1, 0.15) is 0 Å². The molecule has 2 heterocycles. The number of nitro benzene ring substituents is 1. The maximum atomic E-state index is 10.8. The van der Waals surface area contributed by atoms with E-state index in [2.05, 4.69) is 10.1 Å². The molecule has 0 saturated carbocycles. The Morgan fingerprint density at radius 2 is 1.96 bits per heavy atom. The van der Waals surface area contributed by atoms with Crippen LogP contribution in [0.3, 0.4) is 0 Å². The minimum Gasteiger partial charge on any atom is -0.386 e. The van der Waals surface area contributed by atoms with E-state index in [1.54, 1.807) is 35.4 Å². The number of hydrogen-bond acceptors (Lipinski definition) is 5. The van der Waals surface area contributed by atoms with Gasteiger partial charge in [-0.25, -0.2) is 0 Å². The summed E-state index contributed by atoms with van der Waals surface area (Å²) >= 11 is 0. The molecule has 1 aromatic carbocycles.